The third-order valence-corrected chi connectivity index (χ3v) is 6.06. The molecule has 0 saturated carbocycles. The van der Waals surface area contributed by atoms with Crippen molar-refractivity contribution in [3.8, 4) is 0 Å². The Balaban J connectivity index is 3.71. The zero-order valence-corrected chi connectivity index (χ0v) is 19.6. The van der Waals surface area contributed by atoms with Gasteiger partial charge in [0.2, 0.25) is 5.12 Å². The topological polar surface area (TPSA) is 37.3 Å². The fourth-order valence-electron chi connectivity index (χ4n) is 4.03. The van der Waals surface area contributed by atoms with Crippen molar-refractivity contribution in [3.63, 3.8) is 0 Å². The first-order valence-electron chi connectivity index (χ1n) is 11.6. The van der Waals surface area contributed by atoms with Crippen molar-refractivity contribution in [3.05, 3.63) is 0 Å². The second kappa shape index (κ2) is 16.9. The van der Waals surface area contributed by atoms with Crippen LogP contribution in [0.3, 0.4) is 0 Å². The average Bonchev–Trinajstić information content (AvgIpc) is 2.59. The molecule has 0 aromatic heterocycles. The SMILES string of the molecule is CCCCCCCCCCCCCCC(O)C[N+](C)(C)C(CCC)C(=O)S. The third kappa shape index (κ3) is 14.6. The highest BCUT2D eigenvalue weighted by atomic mass is 32.1. The van der Waals surface area contributed by atoms with E-state index in [0.717, 1.165) is 25.7 Å². The number of nitrogens with zero attached hydrogens (tertiary/aromatic N) is 1. The van der Waals surface area contributed by atoms with Gasteiger partial charge >= 0.3 is 0 Å². The number of likely N-dealkylation sites (N-methyl/N-ethyl adjacent to an activating group) is 1. The maximum atomic E-state index is 11.8. The van der Waals surface area contributed by atoms with Crippen LogP contribution in [0.25, 0.3) is 0 Å². The first-order valence-corrected chi connectivity index (χ1v) is 12.0. The van der Waals surface area contributed by atoms with Gasteiger partial charge in [0.15, 0.2) is 6.04 Å². The predicted molar refractivity (Wildman–Crippen MR) is 121 cm³/mol. The molecule has 0 rings (SSSR count). The van der Waals surface area contributed by atoms with Crippen molar-refractivity contribution in [2.45, 2.75) is 122 Å². The van der Waals surface area contributed by atoms with Crippen LogP contribution in [0.2, 0.25) is 0 Å². The molecule has 0 aliphatic rings. The molecule has 0 radical (unpaired) electrons. The second-order valence-corrected chi connectivity index (χ2v) is 9.38. The maximum Gasteiger partial charge on any atom is 0.243 e. The standard InChI is InChI=1S/C23H47NO2S/c1-5-7-8-9-10-11-12-13-14-15-16-17-19-21(25)20-24(3,4)22(18-6-2)23(26)27/h21-22,25H,5-20H2,1-4H3/p+1. The summed E-state index contributed by atoms with van der Waals surface area (Å²) in [5.74, 6) is 0. The molecule has 0 aromatic carbocycles. The number of aliphatic hydroxyl groups is 1. The highest BCUT2D eigenvalue weighted by Gasteiger charge is 2.33. The Morgan fingerprint density at radius 3 is 1.63 bits per heavy atom. The first-order chi connectivity index (χ1) is 12.8. The first kappa shape index (κ1) is 26.9. The van der Waals surface area contributed by atoms with Gasteiger partial charge in [0, 0.05) is 6.42 Å². The van der Waals surface area contributed by atoms with Crippen LogP contribution in [0.4, 0.5) is 0 Å². The minimum Gasteiger partial charge on any atom is -0.387 e. The highest BCUT2D eigenvalue weighted by Crippen LogP contribution is 2.19. The molecule has 0 aromatic rings. The van der Waals surface area contributed by atoms with Gasteiger partial charge in [0.1, 0.15) is 12.6 Å². The van der Waals surface area contributed by atoms with Gasteiger partial charge in [-0.1, -0.05) is 110 Å². The zero-order valence-electron chi connectivity index (χ0n) is 18.7. The lowest BCUT2D eigenvalue weighted by Crippen LogP contribution is -2.55. The molecular formula is C23H48NO2S+. The van der Waals surface area contributed by atoms with Crippen LogP contribution in [0.15, 0.2) is 0 Å². The Morgan fingerprint density at radius 1 is 0.778 bits per heavy atom. The lowest BCUT2D eigenvalue weighted by molar-refractivity contribution is -0.908. The summed E-state index contributed by atoms with van der Waals surface area (Å²) in [6.07, 6.45) is 18.4. The van der Waals surface area contributed by atoms with Crippen molar-refractivity contribution >= 4 is 17.7 Å². The third-order valence-electron chi connectivity index (χ3n) is 5.76. The van der Waals surface area contributed by atoms with E-state index in [4.69, 9.17) is 0 Å². The molecule has 4 heteroatoms. The van der Waals surface area contributed by atoms with E-state index in [2.05, 4.69) is 26.5 Å². The van der Waals surface area contributed by atoms with Gasteiger partial charge in [0.25, 0.3) is 0 Å². The lowest BCUT2D eigenvalue weighted by atomic mass is 10.0. The van der Waals surface area contributed by atoms with Crippen molar-refractivity contribution in [2.75, 3.05) is 20.6 Å². The van der Waals surface area contributed by atoms with Crippen LogP contribution >= 0.6 is 12.6 Å². The Kier molecular flexibility index (Phi) is 16.8. The molecule has 0 heterocycles. The molecule has 27 heavy (non-hydrogen) atoms. The minimum atomic E-state index is -0.324. The van der Waals surface area contributed by atoms with Gasteiger partial charge in [-0.3, -0.25) is 4.79 Å². The quantitative estimate of drug-likeness (QED) is 0.155. The number of thiol groups is 1. The largest absolute Gasteiger partial charge is 0.387 e. The van der Waals surface area contributed by atoms with Crippen LogP contribution in [0, 0.1) is 0 Å². The van der Waals surface area contributed by atoms with Gasteiger partial charge in [-0.15, -0.1) is 0 Å². The molecule has 1 N–H and O–H groups in total. The zero-order chi connectivity index (χ0) is 20.5. The summed E-state index contributed by atoms with van der Waals surface area (Å²) >= 11 is 4.06. The molecule has 0 saturated heterocycles. The van der Waals surface area contributed by atoms with E-state index in [1.807, 2.05) is 14.1 Å². The monoisotopic (exact) mass is 402 g/mol. The van der Waals surface area contributed by atoms with Crippen LogP contribution in [0.5, 0.6) is 0 Å². The number of rotatable bonds is 19. The summed E-state index contributed by atoms with van der Waals surface area (Å²) in [5, 5.41) is 10.3. The molecule has 0 fully saturated rings. The molecule has 3 nitrogen and oxygen atoms in total. The van der Waals surface area contributed by atoms with Crippen molar-refractivity contribution in [1.82, 2.24) is 0 Å². The van der Waals surface area contributed by atoms with E-state index < -0.39 is 0 Å². The molecule has 2 atom stereocenters. The predicted octanol–water partition coefficient (Wildman–Crippen LogP) is 6.14. The van der Waals surface area contributed by atoms with Gasteiger partial charge in [0.05, 0.1) is 14.1 Å². The van der Waals surface area contributed by atoms with Crippen LogP contribution in [0.1, 0.15) is 110 Å². The van der Waals surface area contributed by atoms with Gasteiger partial charge in [-0.25, -0.2) is 0 Å². The van der Waals surface area contributed by atoms with Crippen LogP contribution in [-0.2, 0) is 4.79 Å². The molecule has 0 aliphatic carbocycles. The van der Waals surface area contributed by atoms with E-state index >= 15 is 0 Å². The van der Waals surface area contributed by atoms with Crippen molar-refractivity contribution in [1.29, 1.82) is 0 Å². The lowest BCUT2D eigenvalue weighted by Gasteiger charge is -2.37. The summed E-state index contributed by atoms with van der Waals surface area (Å²) < 4.78 is 0.537. The van der Waals surface area contributed by atoms with E-state index in [-0.39, 0.29) is 17.3 Å². The number of hydrogen-bond donors (Lipinski definition) is 2. The van der Waals surface area contributed by atoms with E-state index in [0.29, 0.717) is 11.0 Å². The molecule has 0 spiro atoms. The van der Waals surface area contributed by atoms with E-state index in [1.54, 1.807) is 0 Å². The van der Waals surface area contributed by atoms with Gasteiger partial charge < -0.3 is 9.59 Å². The Bertz CT molecular complexity index is 360. The second-order valence-electron chi connectivity index (χ2n) is 8.94. The van der Waals surface area contributed by atoms with Gasteiger partial charge in [-0.2, -0.15) is 0 Å². The minimum absolute atomic E-state index is 0.0561. The smallest absolute Gasteiger partial charge is 0.243 e. The fourth-order valence-corrected chi connectivity index (χ4v) is 4.47. The molecule has 0 aliphatic heterocycles. The van der Waals surface area contributed by atoms with E-state index in [1.165, 1.54) is 70.6 Å². The Hall–Kier alpha value is -0.0600. The van der Waals surface area contributed by atoms with Crippen molar-refractivity contribution < 1.29 is 14.4 Å². The van der Waals surface area contributed by atoms with Gasteiger partial charge in [-0.05, 0) is 6.42 Å². The molecular weight excluding hydrogens is 354 g/mol. The number of aliphatic hydroxyl groups excluding tert-OH is 1. The Labute approximate surface area is 175 Å². The highest BCUT2D eigenvalue weighted by molar-refractivity contribution is 7.96. The number of carbonyl (C=O) groups is 1. The molecule has 0 bridgehead atoms. The summed E-state index contributed by atoms with van der Waals surface area (Å²) in [7, 11) is 4.08. The van der Waals surface area contributed by atoms with E-state index in [9.17, 15) is 9.90 Å². The van der Waals surface area contributed by atoms with Crippen LogP contribution in [-0.4, -0.2) is 47.5 Å². The molecule has 162 valence electrons. The Morgan fingerprint density at radius 2 is 1.22 bits per heavy atom. The number of carbonyl (C=O) groups excluding carboxylic acids is 1. The van der Waals surface area contributed by atoms with Crippen LogP contribution < -0.4 is 0 Å². The molecule has 2 unspecified atom stereocenters. The number of quaternary nitrogens is 1. The van der Waals surface area contributed by atoms with Crippen molar-refractivity contribution in [2.24, 2.45) is 0 Å². The maximum absolute atomic E-state index is 11.8. The summed E-state index contributed by atoms with van der Waals surface area (Å²) in [5.41, 5.74) is 0. The average molecular weight is 403 g/mol. The normalized spacial score (nSPS) is 14.3. The number of hydrogen-bond acceptors (Lipinski definition) is 2. The molecule has 0 amide bonds. The number of unbranched alkanes of at least 4 members (excludes halogenated alkanes) is 11. The summed E-state index contributed by atoms with van der Waals surface area (Å²) in [6.45, 7) is 4.99. The fraction of sp³-hybridized carbons (Fsp3) is 0.957. The summed E-state index contributed by atoms with van der Waals surface area (Å²) in [6, 6.07) is -0.116. The summed E-state index contributed by atoms with van der Waals surface area (Å²) in [4.78, 5) is 11.8.